The molecule has 0 unspecified atom stereocenters. The second-order valence-electron chi connectivity index (χ2n) is 4.22. The molecule has 4 heteroatoms. The van der Waals surface area contributed by atoms with Crippen molar-refractivity contribution in [1.29, 1.82) is 0 Å². The van der Waals surface area contributed by atoms with E-state index < -0.39 is 0 Å². The van der Waals surface area contributed by atoms with Crippen molar-refractivity contribution in [3.63, 3.8) is 0 Å². The molecule has 0 bridgehead atoms. The fourth-order valence-electron chi connectivity index (χ4n) is 2.17. The highest BCUT2D eigenvalue weighted by Crippen LogP contribution is 2.26. The molecule has 3 aromatic rings. The van der Waals surface area contributed by atoms with Crippen molar-refractivity contribution in [2.75, 3.05) is 5.73 Å². The van der Waals surface area contributed by atoms with Gasteiger partial charge in [-0.25, -0.2) is 4.98 Å². The molecular weight excluding hydrogens is 246 g/mol. The standard InChI is InChI=1S/C14H12ClN3/c1-9-8-10(15)6-7-12(9)18-13-5-3-2-4-11(13)17-14(18)16/h2-8H,1H3,(H2,16,17). The molecule has 0 aliphatic heterocycles. The van der Waals surface area contributed by atoms with Crippen LogP contribution in [0.2, 0.25) is 5.02 Å². The number of halogens is 1. The Balaban J connectivity index is 2.34. The predicted molar refractivity (Wildman–Crippen MR) is 75.2 cm³/mol. The maximum absolute atomic E-state index is 6.01. The van der Waals surface area contributed by atoms with Gasteiger partial charge in [-0.15, -0.1) is 0 Å². The summed E-state index contributed by atoms with van der Waals surface area (Å²) in [5.74, 6) is 0.488. The molecule has 90 valence electrons. The molecule has 0 saturated heterocycles. The lowest BCUT2D eigenvalue weighted by Crippen LogP contribution is -2.02. The average Bonchev–Trinajstić information content (AvgIpc) is 2.66. The van der Waals surface area contributed by atoms with Gasteiger partial charge < -0.3 is 5.73 Å². The number of hydrogen-bond donors (Lipinski definition) is 1. The molecule has 0 atom stereocenters. The molecule has 0 spiro atoms. The van der Waals surface area contributed by atoms with E-state index in [9.17, 15) is 0 Å². The summed E-state index contributed by atoms with van der Waals surface area (Å²) in [7, 11) is 0. The molecule has 1 heterocycles. The zero-order chi connectivity index (χ0) is 12.7. The number of anilines is 1. The third-order valence-electron chi connectivity index (χ3n) is 2.99. The van der Waals surface area contributed by atoms with Gasteiger partial charge in [-0.1, -0.05) is 23.7 Å². The van der Waals surface area contributed by atoms with Crippen LogP contribution < -0.4 is 5.73 Å². The number of para-hydroxylation sites is 2. The molecule has 2 aromatic carbocycles. The lowest BCUT2D eigenvalue weighted by atomic mass is 10.2. The number of rotatable bonds is 1. The van der Waals surface area contributed by atoms with E-state index in [2.05, 4.69) is 4.98 Å². The van der Waals surface area contributed by atoms with Crippen molar-refractivity contribution >= 4 is 28.6 Å². The molecular formula is C14H12ClN3. The summed E-state index contributed by atoms with van der Waals surface area (Å²) in [5, 5.41) is 0.722. The van der Waals surface area contributed by atoms with Crippen LogP contribution in [0.3, 0.4) is 0 Å². The normalized spacial score (nSPS) is 11.0. The minimum Gasteiger partial charge on any atom is -0.369 e. The fourth-order valence-corrected chi connectivity index (χ4v) is 2.39. The van der Waals surface area contributed by atoms with Gasteiger partial charge in [0.05, 0.1) is 16.7 Å². The molecule has 2 N–H and O–H groups in total. The van der Waals surface area contributed by atoms with Crippen LogP contribution in [-0.2, 0) is 0 Å². The van der Waals surface area contributed by atoms with Crippen molar-refractivity contribution in [1.82, 2.24) is 9.55 Å². The summed E-state index contributed by atoms with van der Waals surface area (Å²) in [6.45, 7) is 2.01. The van der Waals surface area contributed by atoms with E-state index in [1.165, 1.54) is 0 Å². The highest BCUT2D eigenvalue weighted by molar-refractivity contribution is 6.30. The minimum absolute atomic E-state index is 0.488. The third-order valence-corrected chi connectivity index (χ3v) is 3.22. The Hall–Kier alpha value is -2.00. The van der Waals surface area contributed by atoms with Crippen LogP contribution in [0, 0.1) is 6.92 Å². The first kappa shape index (κ1) is 11.1. The summed E-state index contributed by atoms with van der Waals surface area (Å²) < 4.78 is 1.95. The van der Waals surface area contributed by atoms with Gasteiger partial charge in [-0.3, -0.25) is 4.57 Å². The average molecular weight is 258 g/mol. The van der Waals surface area contributed by atoms with E-state index in [1.807, 2.05) is 54.0 Å². The number of hydrogen-bond acceptors (Lipinski definition) is 2. The first-order chi connectivity index (χ1) is 8.66. The zero-order valence-corrected chi connectivity index (χ0v) is 10.6. The number of fused-ring (bicyclic) bond motifs is 1. The number of aromatic nitrogens is 2. The summed E-state index contributed by atoms with van der Waals surface area (Å²) in [5.41, 5.74) is 9.98. The monoisotopic (exact) mass is 257 g/mol. The van der Waals surface area contributed by atoms with Gasteiger partial charge in [0, 0.05) is 5.02 Å². The van der Waals surface area contributed by atoms with E-state index in [0.29, 0.717) is 5.95 Å². The Labute approximate surface area is 110 Å². The Morgan fingerprint density at radius 1 is 1.17 bits per heavy atom. The summed E-state index contributed by atoms with van der Waals surface area (Å²) in [4.78, 5) is 4.36. The quantitative estimate of drug-likeness (QED) is 0.724. The van der Waals surface area contributed by atoms with Crippen LogP contribution >= 0.6 is 11.6 Å². The van der Waals surface area contributed by atoms with Gasteiger partial charge in [0.1, 0.15) is 0 Å². The highest BCUT2D eigenvalue weighted by Gasteiger charge is 2.11. The van der Waals surface area contributed by atoms with E-state index in [0.717, 1.165) is 27.3 Å². The van der Waals surface area contributed by atoms with E-state index >= 15 is 0 Å². The number of nitrogens with zero attached hydrogens (tertiary/aromatic N) is 2. The van der Waals surface area contributed by atoms with Gasteiger partial charge in [0.2, 0.25) is 5.95 Å². The Bertz CT molecular complexity index is 731. The SMILES string of the molecule is Cc1cc(Cl)ccc1-n1c(N)nc2ccccc21. The molecule has 0 radical (unpaired) electrons. The minimum atomic E-state index is 0.488. The fraction of sp³-hybridized carbons (Fsp3) is 0.0714. The highest BCUT2D eigenvalue weighted by atomic mass is 35.5. The molecule has 3 rings (SSSR count). The molecule has 0 amide bonds. The topological polar surface area (TPSA) is 43.8 Å². The molecule has 0 aliphatic carbocycles. The maximum atomic E-state index is 6.01. The second-order valence-corrected chi connectivity index (χ2v) is 4.66. The van der Waals surface area contributed by atoms with Crippen LogP contribution in [-0.4, -0.2) is 9.55 Å². The molecule has 1 aromatic heterocycles. The van der Waals surface area contributed by atoms with Gasteiger partial charge in [0.25, 0.3) is 0 Å². The summed E-state index contributed by atoms with van der Waals surface area (Å²) in [6.07, 6.45) is 0. The smallest absolute Gasteiger partial charge is 0.205 e. The van der Waals surface area contributed by atoms with Crippen LogP contribution in [0.15, 0.2) is 42.5 Å². The summed E-state index contributed by atoms with van der Waals surface area (Å²) >= 11 is 5.98. The molecule has 0 saturated carbocycles. The number of nitrogens with two attached hydrogens (primary N) is 1. The lowest BCUT2D eigenvalue weighted by Gasteiger charge is -2.10. The van der Waals surface area contributed by atoms with Crippen LogP contribution in [0.5, 0.6) is 0 Å². The second kappa shape index (κ2) is 4.03. The Kier molecular flexibility index (Phi) is 2.49. The summed E-state index contributed by atoms with van der Waals surface area (Å²) in [6, 6.07) is 13.6. The van der Waals surface area contributed by atoms with E-state index in [4.69, 9.17) is 17.3 Å². The molecule has 18 heavy (non-hydrogen) atoms. The van der Waals surface area contributed by atoms with E-state index in [1.54, 1.807) is 0 Å². The van der Waals surface area contributed by atoms with Crippen molar-refractivity contribution < 1.29 is 0 Å². The lowest BCUT2D eigenvalue weighted by molar-refractivity contribution is 1.09. The van der Waals surface area contributed by atoms with Gasteiger partial charge in [-0.05, 0) is 42.8 Å². The van der Waals surface area contributed by atoms with Crippen molar-refractivity contribution in [3.05, 3.63) is 53.1 Å². The number of imidazole rings is 1. The van der Waals surface area contributed by atoms with Gasteiger partial charge >= 0.3 is 0 Å². The van der Waals surface area contributed by atoms with Crippen LogP contribution in [0.4, 0.5) is 5.95 Å². The molecule has 0 aliphatic rings. The van der Waals surface area contributed by atoms with Crippen molar-refractivity contribution in [2.45, 2.75) is 6.92 Å². The van der Waals surface area contributed by atoms with E-state index in [-0.39, 0.29) is 0 Å². The Morgan fingerprint density at radius 3 is 2.72 bits per heavy atom. The largest absolute Gasteiger partial charge is 0.369 e. The maximum Gasteiger partial charge on any atom is 0.205 e. The van der Waals surface area contributed by atoms with Crippen molar-refractivity contribution in [2.24, 2.45) is 0 Å². The number of benzene rings is 2. The molecule has 0 fully saturated rings. The van der Waals surface area contributed by atoms with Crippen LogP contribution in [0.25, 0.3) is 16.7 Å². The molecule has 3 nitrogen and oxygen atoms in total. The van der Waals surface area contributed by atoms with Gasteiger partial charge in [-0.2, -0.15) is 0 Å². The number of nitrogen functional groups attached to an aromatic ring is 1. The van der Waals surface area contributed by atoms with Crippen molar-refractivity contribution in [3.8, 4) is 5.69 Å². The third kappa shape index (κ3) is 1.64. The first-order valence-corrected chi connectivity index (χ1v) is 6.04. The number of aryl methyl sites for hydroxylation is 1. The predicted octanol–water partition coefficient (Wildman–Crippen LogP) is 3.57. The van der Waals surface area contributed by atoms with Gasteiger partial charge in [0.15, 0.2) is 0 Å². The zero-order valence-electron chi connectivity index (χ0n) is 9.89. The Morgan fingerprint density at radius 2 is 1.94 bits per heavy atom. The van der Waals surface area contributed by atoms with Crippen LogP contribution in [0.1, 0.15) is 5.56 Å². The first-order valence-electron chi connectivity index (χ1n) is 5.66.